The van der Waals surface area contributed by atoms with Gasteiger partial charge in [-0.3, -0.25) is 9.59 Å². The highest BCUT2D eigenvalue weighted by Gasteiger charge is 2.28. The minimum atomic E-state index is -0.283. The summed E-state index contributed by atoms with van der Waals surface area (Å²) >= 11 is 0. The summed E-state index contributed by atoms with van der Waals surface area (Å²) in [5.74, 6) is -0.385. The van der Waals surface area contributed by atoms with Gasteiger partial charge >= 0.3 is 0 Å². The van der Waals surface area contributed by atoms with E-state index in [9.17, 15) is 9.59 Å². The molecule has 0 unspecified atom stereocenters. The van der Waals surface area contributed by atoms with Crippen molar-refractivity contribution < 1.29 is 18.7 Å². The van der Waals surface area contributed by atoms with Crippen molar-refractivity contribution in [2.45, 2.75) is 0 Å². The molecule has 1 aliphatic heterocycles. The first-order valence-corrected chi connectivity index (χ1v) is 9.90. The van der Waals surface area contributed by atoms with Crippen LogP contribution in [0.15, 0.2) is 71.1 Å². The number of fused-ring (bicyclic) bond motifs is 2. The molecule has 5 rings (SSSR count). The molecule has 0 atom stereocenters. The minimum absolute atomic E-state index is 0.145. The summed E-state index contributed by atoms with van der Waals surface area (Å²) < 4.78 is 11.2. The number of furan rings is 1. The second-order valence-corrected chi connectivity index (χ2v) is 7.19. The van der Waals surface area contributed by atoms with E-state index in [1.165, 1.54) is 0 Å². The molecule has 3 aromatic carbocycles. The number of para-hydroxylation sites is 1. The van der Waals surface area contributed by atoms with E-state index in [4.69, 9.17) is 9.15 Å². The van der Waals surface area contributed by atoms with Crippen LogP contribution in [0, 0.1) is 0 Å². The van der Waals surface area contributed by atoms with Crippen LogP contribution in [0.3, 0.4) is 0 Å². The van der Waals surface area contributed by atoms with Gasteiger partial charge in [-0.1, -0.05) is 48.5 Å². The smallest absolute Gasteiger partial charge is 0.291 e. The van der Waals surface area contributed by atoms with Crippen LogP contribution in [0.2, 0.25) is 0 Å². The third-order valence-corrected chi connectivity index (χ3v) is 5.36. The Morgan fingerprint density at radius 2 is 1.53 bits per heavy atom. The molecule has 0 spiro atoms. The van der Waals surface area contributed by atoms with Crippen molar-refractivity contribution in [2.24, 2.45) is 0 Å². The molecule has 1 saturated heterocycles. The average Bonchev–Trinajstić information content (AvgIpc) is 3.17. The molecule has 1 aliphatic rings. The summed E-state index contributed by atoms with van der Waals surface area (Å²) in [7, 11) is 0. The Morgan fingerprint density at radius 3 is 2.37 bits per heavy atom. The summed E-state index contributed by atoms with van der Waals surface area (Å²) in [5, 5.41) is 5.48. The zero-order valence-corrected chi connectivity index (χ0v) is 16.3. The number of hydrogen-bond acceptors (Lipinski definition) is 4. The lowest BCUT2D eigenvalue weighted by atomic mass is 10.0. The number of anilines is 1. The first-order chi connectivity index (χ1) is 14.7. The van der Waals surface area contributed by atoms with E-state index in [2.05, 4.69) is 5.32 Å². The predicted molar refractivity (Wildman–Crippen MR) is 115 cm³/mol. The molecule has 4 aromatic rings. The highest BCUT2D eigenvalue weighted by atomic mass is 16.5. The number of morpholine rings is 1. The summed E-state index contributed by atoms with van der Waals surface area (Å²) in [6.07, 6.45) is 0. The van der Waals surface area contributed by atoms with Gasteiger partial charge in [-0.05, 0) is 29.0 Å². The molecular weight excluding hydrogens is 380 g/mol. The fourth-order valence-electron chi connectivity index (χ4n) is 3.83. The van der Waals surface area contributed by atoms with E-state index >= 15 is 0 Å². The molecule has 1 aromatic heterocycles. The van der Waals surface area contributed by atoms with Crippen molar-refractivity contribution >= 4 is 39.2 Å². The van der Waals surface area contributed by atoms with Crippen molar-refractivity contribution in [3.8, 4) is 0 Å². The predicted octanol–water partition coefficient (Wildman–Crippen LogP) is 4.31. The number of carbonyl (C=O) groups excluding carboxylic acids is 2. The number of nitrogens with one attached hydrogen (secondary N) is 1. The van der Waals surface area contributed by atoms with Crippen LogP contribution in [0.4, 0.5) is 5.69 Å². The Bertz CT molecular complexity index is 1250. The second kappa shape index (κ2) is 7.65. The van der Waals surface area contributed by atoms with E-state index in [0.29, 0.717) is 48.5 Å². The van der Waals surface area contributed by atoms with Crippen LogP contribution in [-0.4, -0.2) is 43.0 Å². The highest BCUT2D eigenvalue weighted by molar-refractivity contribution is 6.18. The van der Waals surface area contributed by atoms with E-state index < -0.39 is 0 Å². The van der Waals surface area contributed by atoms with Crippen molar-refractivity contribution in [1.82, 2.24) is 4.90 Å². The number of hydrogen-bond donors (Lipinski definition) is 1. The number of nitrogens with zero attached hydrogens (tertiary/aromatic N) is 1. The third-order valence-electron chi connectivity index (χ3n) is 5.36. The molecule has 1 N–H and O–H groups in total. The Morgan fingerprint density at radius 1 is 0.833 bits per heavy atom. The maximum absolute atomic E-state index is 13.2. The second-order valence-electron chi connectivity index (χ2n) is 7.19. The van der Waals surface area contributed by atoms with Crippen molar-refractivity contribution in [2.75, 3.05) is 31.6 Å². The first-order valence-electron chi connectivity index (χ1n) is 9.90. The lowest BCUT2D eigenvalue weighted by Gasteiger charge is -2.26. The minimum Gasteiger partial charge on any atom is -0.449 e. The fourth-order valence-corrected chi connectivity index (χ4v) is 3.83. The van der Waals surface area contributed by atoms with E-state index in [1.807, 2.05) is 54.6 Å². The van der Waals surface area contributed by atoms with Gasteiger partial charge in [0.05, 0.1) is 13.2 Å². The third kappa shape index (κ3) is 3.21. The number of carbonyl (C=O) groups is 2. The molecule has 0 bridgehead atoms. The molecular formula is C24H20N2O4. The first kappa shape index (κ1) is 18.4. The van der Waals surface area contributed by atoms with Crippen LogP contribution in [0.25, 0.3) is 21.7 Å². The van der Waals surface area contributed by atoms with Crippen LogP contribution >= 0.6 is 0 Å². The average molecular weight is 400 g/mol. The van der Waals surface area contributed by atoms with Crippen LogP contribution in [0.5, 0.6) is 0 Å². The maximum Gasteiger partial charge on any atom is 0.291 e. The SMILES string of the molecule is O=C(Nc1c(C(=O)N2CCOCC2)oc2ccccc12)c1cccc2ccccc12. The summed E-state index contributed by atoms with van der Waals surface area (Å²) in [6.45, 7) is 1.96. The summed E-state index contributed by atoms with van der Waals surface area (Å²) in [5.41, 5.74) is 1.51. The van der Waals surface area contributed by atoms with Gasteiger partial charge < -0.3 is 19.4 Å². The Hall–Kier alpha value is -3.64. The van der Waals surface area contributed by atoms with Crippen molar-refractivity contribution in [3.05, 3.63) is 78.1 Å². The maximum atomic E-state index is 13.2. The standard InChI is InChI=1S/C24H20N2O4/c27-23(18-10-5-7-16-6-1-2-8-17(16)18)25-21-19-9-3-4-11-20(19)30-22(21)24(28)26-12-14-29-15-13-26/h1-11H,12-15H2,(H,25,27). The normalized spacial score (nSPS) is 14.2. The molecule has 1 fully saturated rings. The molecule has 150 valence electrons. The number of rotatable bonds is 3. The fraction of sp³-hybridized carbons (Fsp3) is 0.167. The Labute approximate surface area is 173 Å². The number of ether oxygens (including phenoxy) is 1. The van der Waals surface area contributed by atoms with Gasteiger partial charge in [0, 0.05) is 24.0 Å². The lowest BCUT2D eigenvalue weighted by Crippen LogP contribution is -2.40. The quantitative estimate of drug-likeness (QED) is 0.556. The van der Waals surface area contributed by atoms with E-state index in [1.54, 1.807) is 17.0 Å². The van der Waals surface area contributed by atoms with Gasteiger partial charge in [-0.15, -0.1) is 0 Å². The summed E-state index contributed by atoms with van der Waals surface area (Å²) in [4.78, 5) is 28.1. The number of amides is 2. The molecule has 0 saturated carbocycles. The number of benzene rings is 3. The molecule has 30 heavy (non-hydrogen) atoms. The van der Waals surface area contributed by atoms with Gasteiger partial charge in [0.2, 0.25) is 5.76 Å². The molecule has 0 aliphatic carbocycles. The molecule has 6 nitrogen and oxygen atoms in total. The van der Waals surface area contributed by atoms with Gasteiger partial charge in [-0.2, -0.15) is 0 Å². The van der Waals surface area contributed by atoms with Crippen molar-refractivity contribution in [3.63, 3.8) is 0 Å². The van der Waals surface area contributed by atoms with Gasteiger partial charge in [0.15, 0.2) is 0 Å². The van der Waals surface area contributed by atoms with Gasteiger partial charge in [-0.25, -0.2) is 0 Å². The van der Waals surface area contributed by atoms with Crippen molar-refractivity contribution in [1.29, 1.82) is 0 Å². The van der Waals surface area contributed by atoms with Crippen LogP contribution < -0.4 is 5.32 Å². The molecule has 2 amide bonds. The zero-order valence-electron chi connectivity index (χ0n) is 16.3. The summed E-state index contributed by atoms with van der Waals surface area (Å²) in [6, 6.07) is 20.6. The largest absolute Gasteiger partial charge is 0.449 e. The zero-order chi connectivity index (χ0) is 20.5. The Kier molecular flexibility index (Phi) is 4.69. The molecule has 2 heterocycles. The molecule has 6 heteroatoms. The Balaban J connectivity index is 1.56. The molecule has 0 radical (unpaired) electrons. The van der Waals surface area contributed by atoms with Gasteiger partial charge in [0.1, 0.15) is 11.3 Å². The lowest BCUT2D eigenvalue weighted by molar-refractivity contribution is 0.0285. The van der Waals surface area contributed by atoms with Gasteiger partial charge in [0.25, 0.3) is 11.8 Å². The monoisotopic (exact) mass is 400 g/mol. The van der Waals surface area contributed by atoms with E-state index in [-0.39, 0.29) is 17.6 Å². The van der Waals surface area contributed by atoms with Crippen LogP contribution in [0.1, 0.15) is 20.9 Å². The van der Waals surface area contributed by atoms with E-state index in [0.717, 1.165) is 10.8 Å². The highest BCUT2D eigenvalue weighted by Crippen LogP contribution is 2.33. The topological polar surface area (TPSA) is 71.8 Å². The van der Waals surface area contributed by atoms with Crippen LogP contribution in [-0.2, 0) is 4.74 Å².